The van der Waals surface area contributed by atoms with E-state index in [4.69, 9.17) is 4.98 Å². The molecular weight excluding hydrogens is 306 g/mol. The van der Waals surface area contributed by atoms with Crippen molar-refractivity contribution in [3.63, 3.8) is 0 Å². The topological polar surface area (TPSA) is 12.9 Å². The van der Waals surface area contributed by atoms with Crippen molar-refractivity contribution < 1.29 is 0 Å². The molecule has 0 atom stereocenters. The summed E-state index contributed by atoms with van der Waals surface area (Å²) in [5.41, 5.74) is 7.77. The summed E-state index contributed by atoms with van der Waals surface area (Å²) in [5.74, 6) is 0.981. The van der Waals surface area contributed by atoms with Crippen molar-refractivity contribution in [2.75, 3.05) is 0 Å². The highest BCUT2D eigenvalue weighted by Crippen LogP contribution is 2.31. The third-order valence-corrected chi connectivity index (χ3v) is 5.93. The molecule has 0 aliphatic rings. The minimum atomic E-state index is 0.981. The van der Waals surface area contributed by atoms with Gasteiger partial charge in [0.05, 0.1) is 5.69 Å². The molecule has 0 spiro atoms. The van der Waals surface area contributed by atoms with E-state index < -0.39 is 0 Å². The molecule has 0 fully saturated rings. The maximum absolute atomic E-state index is 4.75. The molecule has 0 unspecified atom stereocenters. The normalized spacial score (nSPS) is 10.9. The predicted molar refractivity (Wildman–Crippen MR) is 97.8 cm³/mol. The van der Waals surface area contributed by atoms with Crippen LogP contribution in [0.4, 0.5) is 0 Å². The van der Waals surface area contributed by atoms with E-state index in [0.29, 0.717) is 0 Å². The van der Waals surface area contributed by atoms with E-state index in [-0.39, 0.29) is 0 Å². The first-order valence-electron chi connectivity index (χ1n) is 7.34. The van der Waals surface area contributed by atoms with Crippen molar-refractivity contribution >= 4 is 23.1 Å². The van der Waals surface area contributed by atoms with Gasteiger partial charge in [0, 0.05) is 16.7 Å². The molecule has 112 valence electrons. The smallest absolute Gasteiger partial charge is 0.150 e. The lowest BCUT2D eigenvalue weighted by atomic mass is 10.0. The fourth-order valence-electron chi connectivity index (χ4n) is 2.38. The van der Waals surface area contributed by atoms with Crippen LogP contribution >= 0.6 is 23.1 Å². The Bertz CT molecular complexity index is 775. The Balaban J connectivity index is 1.73. The van der Waals surface area contributed by atoms with Crippen LogP contribution in [0, 0.1) is 20.8 Å². The molecule has 1 heterocycles. The highest BCUT2D eigenvalue weighted by molar-refractivity contribution is 8.00. The highest BCUT2D eigenvalue weighted by atomic mass is 32.2. The molecule has 1 aromatic heterocycles. The van der Waals surface area contributed by atoms with Crippen molar-refractivity contribution in [2.45, 2.75) is 30.9 Å². The van der Waals surface area contributed by atoms with Crippen molar-refractivity contribution in [3.05, 3.63) is 70.1 Å². The maximum Gasteiger partial charge on any atom is 0.150 e. The maximum atomic E-state index is 4.75. The lowest BCUT2D eigenvalue weighted by Gasteiger charge is -2.08. The van der Waals surface area contributed by atoms with Gasteiger partial charge in [0.15, 0.2) is 4.34 Å². The molecule has 0 saturated heterocycles. The molecule has 3 heteroatoms. The third kappa shape index (κ3) is 3.42. The van der Waals surface area contributed by atoms with Crippen LogP contribution in [0.1, 0.15) is 22.3 Å². The van der Waals surface area contributed by atoms with Gasteiger partial charge in [0.1, 0.15) is 0 Å². The number of hydrogen-bond acceptors (Lipinski definition) is 3. The van der Waals surface area contributed by atoms with Crippen LogP contribution in [0.2, 0.25) is 0 Å². The van der Waals surface area contributed by atoms with Crippen molar-refractivity contribution in [1.82, 2.24) is 4.98 Å². The Morgan fingerprint density at radius 2 is 1.68 bits per heavy atom. The van der Waals surface area contributed by atoms with Gasteiger partial charge in [-0.2, -0.15) is 0 Å². The van der Waals surface area contributed by atoms with Crippen LogP contribution in [-0.4, -0.2) is 4.98 Å². The van der Waals surface area contributed by atoms with Gasteiger partial charge in [0.2, 0.25) is 0 Å². The average Bonchev–Trinajstić information content (AvgIpc) is 2.99. The van der Waals surface area contributed by atoms with E-state index in [1.165, 1.54) is 27.8 Å². The average molecular weight is 326 g/mol. The molecule has 1 nitrogen and oxygen atoms in total. The van der Waals surface area contributed by atoms with Crippen LogP contribution in [0.25, 0.3) is 11.3 Å². The molecule has 0 aliphatic carbocycles. The summed E-state index contributed by atoms with van der Waals surface area (Å²) in [7, 11) is 0. The molecular formula is C19H19NS2. The fraction of sp³-hybridized carbons (Fsp3) is 0.211. The van der Waals surface area contributed by atoms with Crippen molar-refractivity contribution in [2.24, 2.45) is 0 Å². The Morgan fingerprint density at radius 3 is 2.45 bits per heavy atom. The summed E-state index contributed by atoms with van der Waals surface area (Å²) < 4.78 is 1.14. The first-order chi connectivity index (χ1) is 10.6. The molecule has 3 aromatic rings. The number of aryl methyl sites for hydroxylation is 3. The third-order valence-electron chi connectivity index (χ3n) is 3.86. The van der Waals surface area contributed by atoms with E-state index in [2.05, 4.69) is 62.5 Å². The van der Waals surface area contributed by atoms with E-state index in [9.17, 15) is 0 Å². The first-order valence-corrected chi connectivity index (χ1v) is 9.20. The van der Waals surface area contributed by atoms with E-state index in [1.807, 2.05) is 17.8 Å². The standard InChI is InChI=1S/C19H19NS2/c1-13-9-15(3)17(10-14(13)2)11-21-19-20-18(12-22-19)16-7-5-4-6-8-16/h4-10,12H,11H2,1-3H3. The molecule has 22 heavy (non-hydrogen) atoms. The Morgan fingerprint density at radius 1 is 0.955 bits per heavy atom. The largest absolute Gasteiger partial charge is 0.230 e. The number of hydrogen-bond donors (Lipinski definition) is 0. The Hall–Kier alpha value is -1.58. The number of aromatic nitrogens is 1. The lowest BCUT2D eigenvalue weighted by molar-refractivity contribution is 1.21. The lowest BCUT2D eigenvalue weighted by Crippen LogP contribution is -1.91. The van der Waals surface area contributed by atoms with Crippen molar-refractivity contribution in [1.29, 1.82) is 0 Å². The zero-order valence-corrected chi connectivity index (χ0v) is 14.7. The second kappa shape index (κ2) is 6.67. The van der Waals surface area contributed by atoms with Crippen LogP contribution < -0.4 is 0 Å². The van der Waals surface area contributed by atoms with Gasteiger partial charge in [0.25, 0.3) is 0 Å². The zero-order valence-electron chi connectivity index (χ0n) is 13.1. The zero-order chi connectivity index (χ0) is 15.5. The molecule has 0 radical (unpaired) electrons. The number of benzene rings is 2. The number of thiazole rings is 1. The highest BCUT2D eigenvalue weighted by Gasteiger charge is 2.07. The first kappa shape index (κ1) is 15.3. The van der Waals surface area contributed by atoms with Gasteiger partial charge in [-0.3, -0.25) is 0 Å². The fourth-order valence-corrected chi connectivity index (χ4v) is 4.28. The number of rotatable bonds is 4. The molecule has 2 aromatic carbocycles. The second-order valence-electron chi connectivity index (χ2n) is 5.52. The van der Waals surface area contributed by atoms with E-state index >= 15 is 0 Å². The van der Waals surface area contributed by atoms with E-state index in [1.54, 1.807) is 11.3 Å². The van der Waals surface area contributed by atoms with Gasteiger partial charge in [-0.05, 0) is 43.0 Å². The quantitative estimate of drug-likeness (QED) is 0.543. The Labute approximate surface area is 140 Å². The van der Waals surface area contributed by atoms with Crippen LogP contribution in [0.5, 0.6) is 0 Å². The molecule has 0 aliphatic heterocycles. The molecule has 0 amide bonds. The summed E-state index contributed by atoms with van der Waals surface area (Å²) in [6, 6.07) is 15.0. The minimum Gasteiger partial charge on any atom is -0.230 e. The molecule has 3 rings (SSSR count). The summed E-state index contributed by atoms with van der Waals surface area (Å²) in [4.78, 5) is 4.75. The summed E-state index contributed by atoms with van der Waals surface area (Å²) in [6.45, 7) is 6.55. The Kier molecular flexibility index (Phi) is 4.65. The van der Waals surface area contributed by atoms with Gasteiger partial charge in [-0.1, -0.05) is 54.2 Å². The van der Waals surface area contributed by atoms with E-state index in [0.717, 1.165) is 15.8 Å². The van der Waals surface area contributed by atoms with Crippen LogP contribution in [-0.2, 0) is 5.75 Å². The molecule has 0 N–H and O–H groups in total. The molecule has 0 bridgehead atoms. The number of nitrogens with zero attached hydrogens (tertiary/aromatic N) is 1. The van der Waals surface area contributed by atoms with Crippen LogP contribution in [0.15, 0.2) is 52.2 Å². The van der Waals surface area contributed by atoms with Gasteiger partial charge < -0.3 is 0 Å². The van der Waals surface area contributed by atoms with Gasteiger partial charge >= 0.3 is 0 Å². The SMILES string of the molecule is Cc1cc(C)c(CSc2nc(-c3ccccc3)cs2)cc1C. The minimum absolute atomic E-state index is 0.981. The van der Waals surface area contributed by atoms with Gasteiger partial charge in [-0.25, -0.2) is 4.98 Å². The monoisotopic (exact) mass is 325 g/mol. The van der Waals surface area contributed by atoms with Gasteiger partial charge in [-0.15, -0.1) is 11.3 Å². The summed E-state index contributed by atoms with van der Waals surface area (Å²) in [5, 5.41) is 2.14. The number of thioether (sulfide) groups is 1. The summed E-state index contributed by atoms with van der Waals surface area (Å²) in [6.07, 6.45) is 0. The summed E-state index contributed by atoms with van der Waals surface area (Å²) >= 11 is 3.55. The molecule has 0 saturated carbocycles. The second-order valence-corrected chi connectivity index (χ2v) is 7.60. The van der Waals surface area contributed by atoms with Crippen molar-refractivity contribution in [3.8, 4) is 11.3 Å². The van der Waals surface area contributed by atoms with Crippen LogP contribution in [0.3, 0.4) is 0 Å². The predicted octanol–water partition coefficient (Wildman–Crippen LogP) is 6.03.